The largest absolute Gasteiger partial charge is 0.508 e. The van der Waals surface area contributed by atoms with Crippen molar-refractivity contribution in [2.45, 2.75) is 19.4 Å². The van der Waals surface area contributed by atoms with Crippen molar-refractivity contribution in [3.63, 3.8) is 0 Å². The third kappa shape index (κ3) is 2.14. The van der Waals surface area contributed by atoms with E-state index >= 15 is 0 Å². The lowest BCUT2D eigenvalue weighted by Crippen LogP contribution is -2.36. The highest BCUT2D eigenvalue weighted by atomic mass is 16.3. The number of pyridine rings is 1. The number of benzene rings is 1. The molecule has 1 aliphatic heterocycles. The number of phenols is 1. The van der Waals surface area contributed by atoms with Crippen LogP contribution in [0.2, 0.25) is 0 Å². The lowest BCUT2D eigenvalue weighted by Gasteiger charge is -2.18. The van der Waals surface area contributed by atoms with Crippen LogP contribution in [-0.4, -0.2) is 32.3 Å². The smallest absolute Gasteiger partial charge is 0.269 e. The summed E-state index contributed by atoms with van der Waals surface area (Å²) in [5.41, 5.74) is 6.62. The Labute approximate surface area is 144 Å². The van der Waals surface area contributed by atoms with Crippen molar-refractivity contribution in [3.05, 3.63) is 53.3 Å². The SMILES string of the molecule is O=C1NCCn2nc3c(c21)CCc1cnc(-c2ccc(O)cc2)cc1-3. The molecule has 1 aromatic carbocycles. The molecule has 1 aliphatic carbocycles. The van der Waals surface area contributed by atoms with Crippen LogP contribution < -0.4 is 5.32 Å². The zero-order chi connectivity index (χ0) is 17.0. The number of phenolic OH excluding ortho intramolecular Hbond substituents is 1. The molecule has 0 unspecified atom stereocenters. The fraction of sp³-hybridized carbons (Fsp3) is 0.211. The first-order valence-electron chi connectivity index (χ1n) is 8.37. The van der Waals surface area contributed by atoms with E-state index in [1.807, 2.05) is 29.1 Å². The highest BCUT2D eigenvalue weighted by Crippen LogP contribution is 2.36. The van der Waals surface area contributed by atoms with Gasteiger partial charge >= 0.3 is 0 Å². The topological polar surface area (TPSA) is 80.0 Å². The van der Waals surface area contributed by atoms with E-state index in [-0.39, 0.29) is 11.7 Å². The Morgan fingerprint density at radius 2 is 2.00 bits per heavy atom. The zero-order valence-corrected chi connectivity index (χ0v) is 13.5. The molecular weight excluding hydrogens is 316 g/mol. The van der Waals surface area contributed by atoms with Crippen LogP contribution in [0.3, 0.4) is 0 Å². The molecule has 0 fully saturated rings. The number of rotatable bonds is 1. The van der Waals surface area contributed by atoms with Crippen LogP contribution in [0.4, 0.5) is 0 Å². The van der Waals surface area contributed by atoms with Gasteiger partial charge in [0, 0.05) is 29.4 Å². The van der Waals surface area contributed by atoms with Gasteiger partial charge in [-0.05, 0) is 48.7 Å². The first-order valence-corrected chi connectivity index (χ1v) is 8.37. The Morgan fingerprint density at radius 1 is 1.16 bits per heavy atom. The average Bonchev–Trinajstić information content (AvgIpc) is 3.02. The summed E-state index contributed by atoms with van der Waals surface area (Å²) < 4.78 is 1.83. The van der Waals surface area contributed by atoms with E-state index in [1.165, 1.54) is 0 Å². The summed E-state index contributed by atoms with van der Waals surface area (Å²) >= 11 is 0. The van der Waals surface area contributed by atoms with Crippen LogP contribution in [0.15, 0.2) is 36.5 Å². The van der Waals surface area contributed by atoms with Gasteiger partial charge in [-0.15, -0.1) is 0 Å². The standard InChI is InChI=1S/C19H16N4O2/c24-13-4-1-11(2-5-13)16-9-15-12(10-21-16)3-6-14-17(15)22-23-8-7-20-19(25)18(14)23/h1-2,4-5,9-10,24H,3,6-8H2,(H,20,25). The maximum absolute atomic E-state index is 12.2. The van der Waals surface area contributed by atoms with E-state index in [4.69, 9.17) is 5.10 Å². The van der Waals surface area contributed by atoms with Gasteiger partial charge in [0.15, 0.2) is 0 Å². The number of nitrogens with zero attached hydrogens (tertiary/aromatic N) is 3. The number of aromatic nitrogens is 3. The molecule has 124 valence electrons. The third-order valence-corrected chi connectivity index (χ3v) is 4.92. The van der Waals surface area contributed by atoms with E-state index in [2.05, 4.69) is 10.3 Å². The van der Waals surface area contributed by atoms with Crippen LogP contribution in [0.25, 0.3) is 22.5 Å². The number of aromatic hydroxyl groups is 1. The van der Waals surface area contributed by atoms with Crippen molar-refractivity contribution in [2.75, 3.05) is 6.54 Å². The Balaban J connectivity index is 1.67. The molecule has 2 aliphatic rings. The van der Waals surface area contributed by atoms with Crippen LogP contribution in [0, 0.1) is 0 Å². The minimum atomic E-state index is -0.0312. The second kappa shape index (κ2) is 5.17. The summed E-state index contributed by atoms with van der Waals surface area (Å²) in [5, 5.41) is 17.1. The number of hydrogen-bond acceptors (Lipinski definition) is 4. The molecule has 3 aromatic rings. The van der Waals surface area contributed by atoms with E-state index in [0.717, 1.165) is 46.5 Å². The minimum absolute atomic E-state index is 0.0312. The van der Waals surface area contributed by atoms with E-state index in [9.17, 15) is 9.90 Å². The quantitative estimate of drug-likeness (QED) is 0.716. The van der Waals surface area contributed by atoms with Gasteiger partial charge in [-0.1, -0.05) is 0 Å². The minimum Gasteiger partial charge on any atom is -0.508 e. The maximum Gasteiger partial charge on any atom is 0.269 e. The van der Waals surface area contributed by atoms with Gasteiger partial charge in [-0.25, -0.2) is 0 Å². The van der Waals surface area contributed by atoms with Crippen LogP contribution >= 0.6 is 0 Å². The summed E-state index contributed by atoms with van der Waals surface area (Å²) in [5.74, 6) is 0.202. The molecule has 0 atom stereocenters. The van der Waals surface area contributed by atoms with Crippen LogP contribution in [0.5, 0.6) is 5.75 Å². The molecule has 2 N–H and O–H groups in total. The van der Waals surface area contributed by atoms with Crippen molar-refractivity contribution in [1.82, 2.24) is 20.1 Å². The molecule has 5 rings (SSSR count). The number of carbonyl (C=O) groups is 1. The normalized spacial score (nSPS) is 15.1. The third-order valence-electron chi connectivity index (χ3n) is 4.92. The number of hydrogen-bond donors (Lipinski definition) is 2. The molecule has 1 amide bonds. The predicted molar refractivity (Wildman–Crippen MR) is 92.3 cm³/mol. The molecule has 0 radical (unpaired) electrons. The highest BCUT2D eigenvalue weighted by Gasteiger charge is 2.30. The molecule has 0 saturated heterocycles. The maximum atomic E-state index is 12.2. The van der Waals surface area contributed by atoms with Crippen LogP contribution in [-0.2, 0) is 19.4 Å². The van der Waals surface area contributed by atoms with Gasteiger partial charge in [-0.3, -0.25) is 14.5 Å². The highest BCUT2D eigenvalue weighted by molar-refractivity contribution is 5.97. The molecule has 6 nitrogen and oxygen atoms in total. The van der Waals surface area contributed by atoms with Crippen molar-refractivity contribution in [1.29, 1.82) is 0 Å². The zero-order valence-electron chi connectivity index (χ0n) is 13.5. The van der Waals surface area contributed by atoms with Crippen molar-refractivity contribution >= 4 is 5.91 Å². The lowest BCUT2D eigenvalue weighted by atomic mass is 9.89. The fourth-order valence-corrected chi connectivity index (χ4v) is 3.68. The molecular formula is C19H16N4O2. The summed E-state index contributed by atoms with van der Waals surface area (Å²) in [6.45, 7) is 1.33. The van der Waals surface area contributed by atoms with E-state index in [0.29, 0.717) is 18.8 Å². The molecule has 0 bridgehead atoms. The van der Waals surface area contributed by atoms with Crippen molar-refractivity contribution in [2.24, 2.45) is 0 Å². The van der Waals surface area contributed by atoms with Gasteiger partial charge in [-0.2, -0.15) is 5.10 Å². The van der Waals surface area contributed by atoms with Crippen molar-refractivity contribution < 1.29 is 9.90 Å². The number of fused-ring (bicyclic) bond motifs is 5. The number of aryl methyl sites for hydroxylation is 1. The van der Waals surface area contributed by atoms with E-state index in [1.54, 1.807) is 12.1 Å². The molecule has 0 spiro atoms. The molecule has 6 heteroatoms. The summed E-state index contributed by atoms with van der Waals surface area (Å²) in [6.07, 6.45) is 3.57. The Bertz CT molecular complexity index is 1010. The second-order valence-corrected chi connectivity index (χ2v) is 6.43. The Kier molecular flexibility index (Phi) is 2.94. The number of nitrogens with one attached hydrogen (secondary N) is 1. The predicted octanol–water partition coefficient (Wildman–Crippen LogP) is 2.16. The Morgan fingerprint density at radius 3 is 2.84 bits per heavy atom. The van der Waals surface area contributed by atoms with Gasteiger partial charge in [0.25, 0.3) is 5.91 Å². The summed E-state index contributed by atoms with van der Waals surface area (Å²) in [6, 6.07) is 9.04. The first kappa shape index (κ1) is 14.2. The monoisotopic (exact) mass is 332 g/mol. The van der Waals surface area contributed by atoms with Gasteiger partial charge < -0.3 is 10.4 Å². The summed E-state index contributed by atoms with van der Waals surface area (Å²) in [7, 11) is 0. The lowest BCUT2D eigenvalue weighted by molar-refractivity contribution is 0.0923. The fourth-order valence-electron chi connectivity index (χ4n) is 3.68. The molecule has 0 saturated carbocycles. The first-order chi connectivity index (χ1) is 12.2. The average molecular weight is 332 g/mol. The Hall–Kier alpha value is -3.15. The molecule has 2 aromatic heterocycles. The second-order valence-electron chi connectivity index (χ2n) is 6.43. The van der Waals surface area contributed by atoms with E-state index < -0.39 is 0 Å². The van der Waals surface area contributed by atoms with Crippen molar-refractivity contribution in [3.8, 4) is 28.3 Å². The number of amides is 1. The number of carbonyl (C=O) groups excluding carboxylic acids is 1. The van der Waals surface area contributed by atoms with Gasteiger partial charge in [0.2, 0.25) is 0 Å². The molecule has 3 heterocycles. The van der Waals surface area contributed by atoms with Gasteiger partial charge in [0.05, 0.1) is 17.9 Å². The molecule has 25 heavy (non-hydrogen) atoms. The van der Waals surface area contributed by atoms with Crippen LogP contribution in [0.1, 0.15) is 21.6 Å². The van der Waals surface area contributed by atoms with Gasteiger partial charge in [0.1, 0.15) is 11.4 Å². The summed E-state index contributed by atoms with van der Waals surface area (Å²) in [4.78, 5) is 16.8.